The van der Waals surface area contributed by atoms with Crippen LogP contribution >= 0.6 is 0 Å². The number of ether oxygens (including phenoxy) is 2. The van der Waals surface area contributed by atoms with Crippen LogP contribution < -0.4 is 20.5 Å². The molecule has 3 aromatic heterocycles. The van der Waals surface area contributed by atoms with Crippen LogP contribution in [0.4, 0.5) is 0 Å². The molecule has 0 aliphatic rings. The molecule has 0 fully saturated rings. The molecule has 0 radical (unpaired) electrons. The summed E-state index contributed by atoms with van der Waals surface area (Å²) >= 11 is 0. The molecule has 0 aliphatic heterocycles. The van der Waals surface area contributed by atoms with E-state index in [0.717, 1.165) is 0 Å². The van der Waals surface area contributed by atoms with Gasteiger partial charge in [-0.25, -0.2) is 9.48 Å². The molecule has 4 rings (SSSR count). The van der Waals surface area contributed by atoms with Crippen molar-refractivity contribution in [1.82, 2.24) is 34.8 Å². The van der Waals surface area contributed by atoms with Crippen LogP contribution in [0.3, 0.4) is 0 Å². The zero-order chi connectivity index (χ0) is 23.4. The summed E-state index contributed by atoms with van der Waals surface area (Å²) in [5.41, 5.74) is 1.81. The molecule has 0 unspecified atom stereocenters. The van der Waals surface area contributed by atoms with E-state index in [4.69, 9.17) is 9.47 Å². The standard InChI is InChI=1S/C22H23N7O4/c1-28-20(16-6-4-5-9-23-16)27-29(22(28)31)11-10-24-21(30)18-13-17(25-26-18)15-12-14(32-2)7-8-19(15)33-3/h4-9,12-13H,10-11H2,1-3H3,(H,24,30)(H,25,26). The van der Waals surface area contributed by atoms with Crippen LogP contribution in [-0.2, 0) is 13.6 Å². The minimum atomic E-state index is -0.357. The van der Waals surface area contributed by atoms with E-state index < -0.39 is 0 Å². The smallest absolute Gasteiger partial charge is 0.346 e. The van der Waals surface area contributed by atoms with E-state index in [1.165, 1.54) is 9.25 Å². The second-order valence-corrected chi connectivity index (χ2v) is 7.09. The van der Waals surface area contributed by atoms with Crippen LogP contribution in [0, 0.1) is 0 Å². The van der Waals surface area contributed by atoms with Gasteiger partial charge in [-0.05, 0) is 36.4 Å². The lowest BCUT2D eigenvalue weighted by Crippen LogP contribution is -2.31. The Morgan fingerprint density at radius 1 is 1.12 bits per heavy atom. The van der Waals surface area contributed by atoms with Crippen molar-refractivity contribution in [2.24, 2.45) is 7.05 Å². The third-order valence-corrected chi connectivity index (χ3v) is 5.05. The summed E-state index contributed by atoms with van der Waals surface area (Å²) in [5.74, 6) is 1.35. The van der Waals surface area contributed by atoms with E-state index >= 15 is 0 Å². The fraction of sp³-hybridized carbons (Fsp3) is 0.227. The van der Waals surface area contributed by atoms with Gasteiger partial charge >= 0.3 is 5.69 Å². The number of pyridine rings is 1. The number of carbonyl (C=O) groups is 1. The Kier molecular flexibility index (Phi) is 6.20. The highest BCUT2D eigenvalue weighted by Crippen LogP contribution is 2.32. The summed E-state index contributed by atoms with van der Waals surface area (Å²) in [4.78, 5) is 29.3. The van der Waals surface area contributed by atoms with Crippen molar-refractivity contribution in [1.29, 1.82) is 0 Å². The molecular formula is C22H23N7O4. The molecule has 0 spiro atoms. The first-order chi connectivity index (χ1) is 16.0. The Balaban J connectivity index is 1.43. The number of amides is 1. The summed E-state index contributed by atoms with van der Waals surface area (Å²) in [6.07, 6.45) is 1.64. The van der Waals surface area contributed by atoms with Gasteiger partial charge in [-0.1, -0.05) is 6.07 Å². The third kappa shape index (κ3) is 4.47. The number of rotatable bonds is 8. The Morgan fingerprint density at radius 2 is 1.97 bits per heavy atom. The normalized spacial score (nSPS) is 10.8. The molecular weight excluding hydrogens is 426 g/mol. The molecule has 33 heavy (non-hydrogen) atoms. The molecule has 170 valence electrons. The minimum absolute atomic E-state index is 0.203. The maximum Gasteiger partial charge on any atom is 0.346 e. The van der Waals surface area contributed by atoms with Crippen LogP contribution in [0.1, 0.15) is 10.5 Å². The van der Waals surface area contributed by atoms with Crippen molar-refractivity contribution in [2.75, 3.05) is 20.8 Å². The fourth-order valence-corrected chi connectivity index (χ4v) is 3.31. The highest BCUT2D eigenvalue weighted by Gasteiger charge is 2.16. The number of nitrogens with zero attached hydrogens (tertiary/aromatic N) is 5. The van der Waals surface area contributed by atoms with Gasteiger partial charge in [0.2, 0.25) is 0 Å². The minimum Gasteiger partial charge on any atom is -0.497 e. The van der Waals surface area contributed by atoms with E-state index in [2.05, 4.69) is 25.6 Å². The second-order valence-electron chi connectivity index (χ2n) is 7.09. The van der Waals surface area contributed by atoms with Crippen molar-refractivity contribution in [3.8, 4) is 34.3 Å². The van der Waals surface area contributed by atoms with Gasteiger partial charge < -0.3 is 14.8 Å². The quantitative estimate of drug-likeness (QED) is 0.417. The van der Waals surface area contributed by atoms with E-state index in [1.807, 2.05) is 6.07 Å². The molecule has 0 saturated heterocycles. The summed E-state index contributed by atoms with van der Waals surface area (Å²) in [6, 6.07) is 12.3. The van der Waals surface area contributed by atoms with Crippen molar-refractivity contribution >= 4 is 5.91 Å². The molecule has 1 aromatic carbocycles. The highest BCUT2D eigenvalue weighted by atomic mass is 16.5. The van der Waals surface area contributed by atoms with E-state index in [0.29, 0.717) is 34.3 Å². The maximum atomic E-state index is 12.6. The van der Waals surface area contributed by atoms with Gasteiger partial charge in [0.05, 0.1) is 26.5 Å². The predicted octanol–water partition coefficient (Wildman–Crippen LogP) is 1.48. The summed E-state index contributed by atoms with van der Waals surface area (Å²) in [5, 5.41) is 14.1. The molecule has 3 heterocycles. The van der Waals surface area contributed by atoms with Crippen LogP contribution in [0.25, 0.3) is 22.8 Å². The number of carbonyl (C=O) groups excluding carboxylic acids is 1. The van der Waals surface area contributed by atoms with Crippen molar-refractivity contribution in [3.05, 3.63) is 64.8 Å². The SMILES string of the molecule is COc1ccc(OC)c(-c2cc(C(=O)NCCn3nc(-c4ccccn4)n(C)c3=O)[nH]n2)c1. The van der Waals surface area contributed by atoms with E-state index in [9.17, 15) is 9.59 Å². The maximum absolute atomic E-state index is 12.6. The van der Waals surface area contributed by atoms with Gasteiger partial charge in [0.15, 0.2) is 5.82 Å². The first kappa shape index (κ1) is 21.8. The number of hydrogen-bond acceptors (Lipinski definition) is 7. The number of hydrogen-bond donors (Lipinski definition) is 2. The van der Waals surface area contributed by atoms with Gasteiger partial charge in [0.25, 0.3) is 5.91 Å². The zero-order valence-electron chi connectivity index (χ0n) is 18.4. The molecule has 11 heteroatoms. The zero-order valence-corrected chi connectivity index (χ0v) is 18.4. The molecule has 11 nitrogen and oxygen atoms in total. The molecule has 0 atom stereocenters. The summed E-state index contributed by atoms with van der Waals surface area (Å²) in [6.45, 7) is 0.407. The number of methoxy groups -OCH3 is 2. The largest absolute Gasteiger partial charge is 0.497 e. The fourth-order valence-electron chi connectivity index (χ4n) is 3.31. The van der Waals surface area contributed by atoms with E-state index in [1.54, 1.807) is 63.9 Å². The topological polar surface area (TPSA) is 129 Å². The number of H-pyrrole nitrogens is 1. The molecule has 0 saturated carbocycles. The summed E-state index contributed by atoms with van der Waals surface area (Å²) < 4.78 is 13.4. The Bertz CT molecular complexity index is 1320. The van der Waals surface area contributed by atoms with Crippen molar-refractivity contribution < 1.29 is 14.3 Å². The highest BCUT2D eigenvalue weighted by molar-refractivity contribution is 5.93. The first-order valence-electron chi connectivity index (χ1n) is 10.1. The monoisotopic (exact) mass is 449 g/mol. The Hall–Kier alpha value is -4.41. The molecule has 0 aliphatic carbocycles. The Morgan fingerprint density at radius 3 is 2.70 bits per heavy atom. The first-order valence-corrected chi connectivity index (χ1v) is 10.1. The number of nitrogens with one attached hydrogen (secondary N) is 2. The van der Waals surface area contributed by atoms with Crippen molar-refractivity contribution in [2.45, 2.75) is 6.54 Å². The average Bonchev–Trinajstić information content (AvgIpc) is 3.45. The van der Waals surface area contributed by atoms with Crippen LogP contribution in [0.15, 0.2) is 53.5 Å². The van der Waals surface area contributed by atoms with Gasteiger partial charge in [0, 0.05) is 25.4 Å². The number of benzene rings is 1. The van der Waals surface area contributed by atoms with Gasteiger partial charge in [-0.3, -0.25) is 19.4 Å². The lowest BCUT2D eigenvalue weighted by Gasteiger charge is -2.08. The molecule has 4 aromatic rings. The van der Waals surface area contributed by atoms with Crippen LogP contribution in [0.2, 0.25) is 0 Å². The number of aromatic amines is 1. The number of aromatic nitrogens is 6. The van der Waals surface area contributed by atoms with Crippen LogP contribution in [-0.4, -0.2) is 56.2 Å². The lowest BCUT2D eigenvalue weighted by atomic mass is 10.1. The third-order valence-electron chi connectivity index (χ3n) is 5.05. The lowest BCUT2D eigenvalue weighted by molar-refractivity contribution is 0.0946. The van der Waals surface area contributed by atoms with Gasteiger partial charge in [0.1, 0.15) is 22.9 Å². The van der Waals surface area contributed by atoms with Gasteiger partial charge in [-0.2, -0.15) is 5.10 Å². The van der Waals surface area contributed by atoms with E-state index in [-0.39, 0.29) is 30.4 Å². The van der Waals surface area contributed by atoms with Gasteiger partial charge in [-0.15, -0.1) is 5.10 Å². The van der Waals surface area contributed by atoms with Crippen molar-refractivity contribution in [3.63, 3.8) is 0 Å². The molecule has 1 amide bonds. The summed E-state index contributed by atoms with van der Waals surface area (Å²) in [7, 11) is 4.76. The molecule has 2 N–H and O–H groups in total. The molecule has 0 bridgehead atoms. The van der Waals surface area contributed by atoms with Crippen LogP contribution in [0.5, 0.6) is 11.5 Å². The average molecular weight is 449 g/mol. The Labute approximate surface area is 189 Å². The second kappa shape index (κ2) is 9.39. The predicted molar refractivity (Wildman–Crippen MR) is 120 cm³/mol.